The van der Waals surface area contributed by atoms with Gasteiger partial charge in [-0.15, -0.1) is 11.3 Å². The molecule has 0 spiro atoms. The van der Waals surface area contributed by atoms with Crippen LogP contribution in [0.3, 0.4) is 0 Å². The number of aromatic nitrogens is 3. The largest absolute Gasteiger partial charge is 0.378 e. The molecule has 0 fully saturated rings. The summed E-state index contributed by atoms with van der Waals surface area (Å²) in [7, 11) is 0. The van der Waals surface area contributed by atoms with Crippen molar-refractivity contribution >= 4 is 44.6 Å². The maximum Gasteiger partial charge on any atom is 0.138 e. The molecule has 0 unspecified atom stereocenters. The summed E-state index contributed by atoms with van der Waals surface area (Å²) in [4.78, 5) is 5.20. The smallest absolute Gasteiger partial charge is 0.138 e. The molecule has 0 radical (unpaired) electrons. The summed E-state index contributed by atoms with van der Waals surface area (Å²) in [6.45, 7) is 0.734. The van der Waals surface area contributed by atoms with E-state index in [-0.39, 0.29) is 0 Å². The molecule has 0 saturated heterocycles. The molecular formula is C13H10BrClN4S. The van der Waals surface area contributed by atoms with Crippen molar-refractivity contribution in [3.63, 3.8) is 0 Å². The highest BCUT2D eigenvalue weighted by Gasteiger charge is 2.10. The van der Waals surface area contributed by atoms with Crippen molar-refractivity contribution < 1.29 is 0 Å². The predicted molar refractivity (Wildman–Crippen MR) is 85.7 cm³/mol. The molecule has 20 heavy (non-hydrogen) atoms. The fourth-order valence-electron chi connectivity index (χ4n) is 1.84. The summed E-state index contributed by atoms with van der Waals surface area (Å²) in [5.41, 5.74) is 1.73. The summed E-state index contributed by atoms with van der Waals surface area (Å²) in [5, 5.41) is 8.16. The van der Waals surface area contributed by atoms with Crippen molar-refractivity contribution in [3.8, 4) is 5.69 Å². The third-order valence-corrected chi connectivity index (χ3v) is 4.65. The van der Waals surface area contributed by atoms with Crippen LogP contribution in [-0.2, 0) is 6.54 Å². The zero-order chi connectivity index (χ0) is 13.9. The molecule has 3 aromatic rings. The molecule has 0 atom stereocenters. The Kier molecular flexibility index (Phi) is 4.05. The molecule has 0 saturated carbocycles. The maximum absolute atomic E-state index is 6.27. The van der Waals surface area contributed by atoms with E-state index in [0.29, 0.717) is 5.02 Å². The lowest BCUT2D eigenvalue weighted by atomic mass is 10.2. The Morgan fingerprint density at radius 2 is 2.20 bits per heavy atom. The normalized spacial score (nSPS) is 10.7. The molecule has 3 rings (SSSR count). The van der Waals surface area contributed by atoms with Gasteiger partial charge in [-0.25, -0.2) is 9.67 Å². The molecule has 7 heteroatoms. The SMILES string of the molecule is Clc1cccc(NCc2ccc(Br)s2)c1-n1cncn1. The van der Waals surface area contributed by atoms with Crippen molar-refractivity contribution in [2.24, 2.45) is 0 Å². The number of thiophene rings is 1. The van der Waals surface area contributed by atoms with Crippen LogP contribution in [0.25, 0.3) is 5.69 Å². The molecule has 1 N–H and O–H groups in total. The quantitative estimate of drug-likeness (QED) is 0.743. The summed E-state index contributed by atoms with van der Waals surface area (Å²) in [6.07, 6.45) is 3.12. The number of anilines is 1. The van der Waals surface area contributed by atoms with Crippen molar-refractivity contribution in [1.82, 2.24) is 14.8 Å². The first-order chi connectivity index (χ1) is 9.74. The van der Waals surface area contributed by atoms with E-state index in [4.69, 9.17) is 11.6 Å². The summed E-state index contributed by atoms with van der Waals surface area (Å²) < 4.78 is 2.78. The molecule has 0 aliphatic carbocycles. The average Bonchev–Trinajstić information content (AvgIpc) is 3.08. The first-order valence-electron chi connectivity index (χ1n) is 5.85. The van der Waals surface area contributed by atoms with Crippen LogP contribution in [0, 0.1) is 0 Å². The first kappa shape index (κ1) is 13.6. The molecule has 0 amide bonds. The van der Waals surface area contributed by atoms with E-state index in [0.717, 1.165) is 21.7 Å². The van der Waals surface area contributed by atoms with Gasteiger partial charge in [-0.3, -0.25) is 0 Å². The lowest BCUT2D eigenvalue weighted by Gasteiger charge is -2.12. The second-order valence-corrected chi connectivity index (χ2v) is 6.99. The first-order valence-corrected chi connectivity index (χ1v) is 7.84. The minimum atomic E-state index is 0.632. The number of halogens is 2. The summed E-state index contributed by atoms with van der Waals surface area (Å²) in [5.74, 6) is 0. The number of benzene rings is 1. The molecule has 1 aromatic carbocycles. The third kappa shape index (κ3) is 2.87. The van der Waals surface area contributed by atoms with Crippen LogP contribution in [0.15, 0.2) is 46.8 Å². The van der Waals surface area contributed by atoms with Crippen molar-refractivity contribution in [2.45, 2.75) is 6.54 Å². The fourth-order valence-corrected chi connectivity index (χ4v) is 3.53. The van der Waals surface area contributed by atoms with Crippen molar-refractivity contribution in [3.05, 3.63) is 56.7 Å². The van der Waals surface area contributed by atoms with Crippen LogP contribution in [-0.4, -0.2) is 14.8 Å². The summed E-state index contributed by atoms with van der Waals surface area (Å²) >= 11 is 11.4. The van der Waals surface area contributed by atoms with E-state index in [2.05, 4.69) is 37.4 Å². The third-order valence-electron chi connectivity index (χ3n) is 2.72. The van der Waals surface area contributed by atoms with Gasteiger partial charge in [0, 0.05) is 11.4 Å². The van der Waals surface area contributed by atoms with Crippen LogP contribution in [0.1, 0.15) is 4.88 Å². The fraction of sp³-hybridized carbons (Fsp3) is 0.0769. The highest BCUT2D eigenvalue weighted by Crippen LogP contribution is 2.29. The Bertz CT molecular complexity index is 711. The molecular weight excluding hydrogens is 360 g/mol. The number of rotatable bonds is 4. The molecule has 0 bridgehead atoms. The van der Waals surface area contributed by atoms with Gasteiger partial charge in [-0.2, -0.15) is 5.10 Å². The lowest BCUT2D eigenvalue weighted by Crippen LogP contribution is -2.04. The van der Waals surface area contributed by atoms with Gasteiger partial charge in [0.1, 0.15) is 18.3 Å². The van der Waals surface area contributed by atoms with Crippen molar-refractivity contribution in [1.29, 1.82) is 0 Å². The van der Waals surface area contributed by atoms with E-state index in [9.17, 15) is 0 Å². The van der Waals surface area contributed by atoms with Gasteiger partial charge >= 0.3 is 0 Å². The van der Waals surface area contributed by atoms with Gasteiger partial charge in [0.05, 0.1) is 14.5 Å². The van der Waals surface area contributed by atoms with Crippen LogP contribution < -0.4 is 5.32 Å². The molecule has 2 aromatic heterocycles. The predicted octanol–water partition coefficient (Wildman–Crippen LogP) is 4.36. The highest BCUT2D eigenvalue weighted by molar-refractivity contribution is 9.11. The standard InChI is InChI=1S/C13H10BrClN4S/c14-12-5-4-9(20-12)6-17-11-3-1-2-10(15)13(11)19-8-16-7-18-19/h1-5,7-8,17H,6H2. The van der Waals surface area contributed by atoms with Gasteiger partial charge in [0.15, 0.2) is 0 Å². The Morgan fingerprint density at radius 1 is 1.30 bits per heavy atom. The van der Waals surface area contributed by atoms with Gasteiger partial charge in [0.2, 0.25) is 0 Å². The van der Waals surface area contributed by atoms with Crippen molar-refractivity contribution in [2.75, 3.05) is 5.32 Å². The van der Waals surface area contributed by atoms with E-state index in [1.54, 1.807) is 22.3 Å². The molecule has 0 aliphatic rings. The maximum atomic E-state index is 6.27. The highest BCUT2D eigenvalue weighted by atomic mass is 79.9. The van der Waals surface area contributed by atoms with Crippen LogP contribution in [0.5, 0.6) is 0 Å². The Labute approximate surface area is 133 Å². The average molecular weight is 370 g/mol. The van der Waals surface area contributed by atoms with Gasteiger partial charge in [0.25, 0.3) is 0 Å². The van der Waals surface area contributed by atoms with Gasteiger partial charge < -0.3 is 5.32 Å². The zero-order valence-corrected chi connectivity index (χ0v) is 13.4. The molecule has 4 nitrogen and oxygen atoms in total. The zero-order valence-electron chi connectivity index (χ0n) is 10.3. The van der Waals surface area contributed by atoms with E-state index >= 15 is 0 Å². The van der Waals surface area contributed by atoms with Crippen LogP contribution in [0.2, 0.25) is 5.02 Å². The molecule has 102 valence electrons. The van der Waals surface area contributed by atoms with Gasteiger partial charge in [-0.1, -0.05) is 17.7 Å². The second kappa shape index (κ2) is 5.95. The van der Waals surface area contributed by atoms with E-state index in [1.165, 1.54) is 11.2 Å². The van der Waals surface area contributed by atoms with Crippen LogP contribution >= 0.6 is 38.9 Å². The number of hydrogen-bond donors (Lipinski definition) is 1. The van der Waals surface area contributed by atoms with Gasteiger partial charge in [-0.05, 0) is 40.2 Å². The number of para-hydroxylation sites is 1. The Balaban J connectivity index is 1.88. The Hall–Kier alpha value is -1.37. The lowest BCUT2D eigenvalue weighted by molar-refractivity contribution is 0.878. The minimum Gasteiger partial charge on any atom is -0.378 e. The summed E-state index contributed by atoms with van der Waals surface area (Å²) in [6, 6.07) is 9.85. The number of nitrogens with zero attached hydrogens (tertiary/aromatic N) is 3. The van der Waals surface area contributed by atoms with E-state index in [1.807, 2.05) is 24.3 Å². The van der Waals surface area contributed by atoms with E-state index < -0.39 is 0 Å². The molecule has 0 aliphatic heterocycles. The second-order valence-electron chi connectivity index (χ2n) is 4.04. The number of nitrogens with one attached hydrogen (secondary N) is 1. The monoisotopic (exact) mass is 368 g/mol. The van der Waals surface area contributed by atoms with Crippen LogP contribution in [0.4, 0.5) is 5.69 Å². The molecule has 2 heterocycles. The Morgan fingerprint density at radius 3 is 2.90 bits per heavy atom. The topological polar surface area (TPSA) is 42.7 Å². The minimum absolute atomic E-state index is 0.632. The number of hydrogen-bond acceptors (Lipinski definition) is 4.